The molecule has 2 unspecified atom stereocenters. The second kappa shape index (κ2) is 12.6. The molecule has 5 rings (SSSR count). The van der Waals surface area contributed by atoms with E-state index in [2.05, 4.69) is 22.8 Å². The van der Waals surface area contributed by atoms with Gasteiger partial charge in [-0.05, 0) is 66.3 Å². The number of hydrogen-bond donors (Lipinski definition) is 3. The van der Waals surface area contributed by atoms with E-state index in [4.69, 9.17) is 4.74 Å². The third kappa shape index (κ3) is 6.41. The molecule has 2 atom stereocenters. The minimum atomic E-state index is -0.763. The van der Waals surface area contributed by atoms with Gasteiger partial charge in [0, 0.05) is 37.8 Å². The third-order valence-corrected chi connectivity index (χ3v) is 7.26. The van der Waals surface area contributed by atoms with E-state index in [9.17, 15) is 19.1 Å². The molecule has 0 saturated heterocycles. The Morgan fingerprint density at radius 3 is 2.64 bits per heavy atom. The van der Waals surface area contributed by atoms with Crippen molar-refractivity contribution in [1.82, 2.24) is 15.5 Å². The van der Waals surface area contributed by atoms with Crippen molar-refractivity contribution < 1.29 is 23.8 Å². The molecule has 2 aliphatic rings. The lowest BCUT2D eigenvalue weighted by atomic mass is 9.93. The Morgan fingerprint density at radius 2 is 1.90 bits per heavy atom. The molecule has 39 heavy (non-hydrogen) atoms. The van der Waals surface area contributed by atoms with Crippen molar-refractivity contribution in [3.63, 3.8) is 0 Å². The summed E-state index contributed by atoms with van der Waals surface area (Å²) < 4.78 is 18.9. The van der Waals surface area contributed by atoms with Crippen LogP contribution in [0.3, 0.4) is 0 Å². The predicted molar refractivity (Wildman–Crippen MR) is 149 cm³/mol. The van der Waals surface area contributed by atoms with Gasteiger partial charge in [-0.3, -0.25) is 9.59 Å². The van der Waals surface area contributed by atoms with Gasteiger partial charge in [-0.25, -0.2) is 4.39 Å². The Bertz CT molecular complexity index is 1330. The molecule has 2 heterocycles. The van der Waals surface area contributed by atoms with E-state index in [1.807, 2.05) is 19.1 Å². The first kappa shape index (κ1) is 28.5. The number of ether oxygens (including phenoxy) is 1. The molecule has 0 aliphatic carbocycles. The first-order valence-corrected chi connectivity index (χ1v) is 13.0. The van der Waals surface area contributed by atoms with Gasteiger partial charge in [-0.1, -0.05) is 36.4 Å². The molecule has 0 fully saturated rings. The maximum atomic E-state index is 13.2. The minimum absolute atomic E-state index is 0. The average Bonchev–Trinajstić information content (AvgIpc) is 3.24. The molecule has 0 spiro atoms. The maximum Gasteiger partial charge on any atom is 0.255 e. The van der Waals surface area contributed by atoms with Crippen LogP contribution < -0.4 is 15.4 Å². The number of benzene rings is 3. The van der Waals surface area contributed by atoms with Gasteiger partial charge >= 0.3 is 0 Å². The SMILES string of the molecule is CCOc1cc2c(cc1C(=O)NCC(O)C1Cc3ccccc3CN1)CN(CCc1ccc(F)cc1)C2=O.Cl. The van der Waals surface area contributed by atoms with Crippen LogP contribution in [-0.2, 0) is 25.9 Å². The summed E-state index contributed by atoms with van der Waals surface area (Å²) in [6.45, 7) is 3.79. The maximum absolute atomic E-state index is 13.2. The largest absolute Gasteiger partial charge is 0.493 e. The van der Waals surface area contributed by atoms with Crippen molar-refractivity contribution in [3.8, 4) is 5.75 Å². The highest BCUT2D eigenvalue weighted by Gasteiger charge is 2.31. The van der Waals surface area contributed by atoms with Gasteiger partial charge in [0.05, 0.1) is 18.3 Å². The molecule has 0 radical (unpaired) electrons. The number of fused-ring (bicyclic) bond motifs is 2. The molecular formula is C30H33ClFN3O4. The van der Waals surface area contributed by atoms with Crippen molar-refractivity contribution in [1.29, 1.82) is 0 Å². The number of amides is 2. The summed E-state index contributed by atoms with van der Waals surface area (Å²) in [7, 11) is 0. The molecule has 206 valence electrons. The summed E-state index contributed by atoms with van der Waals surface area (Å²) in [6, 6.07) is 17.6. The number of hydrogen-bond acceptors (Lipinski definition) is 5. The smallest absolute Gasteiger partial charge is 0.255 e. The highest BCUT2D eigenvalue weighted by Crippen LogP contribution is 2.31. The van der Waals surface area contributed by atoms with Gasteiger partial charge in [0.2, 0.25) is 0 Å². The average molecular weight is 554 g/mol. The quantitative estimate of drug-likeness (QED) is 0.376. The molecule has 3 aromatic rings. The van der Waals surface area contributed by atoms with Crippen LogP contribution in [0.4, 0.5) is 4.39 Å². The second-order valence-electron chi connectivity index (χ2n) is 9.78. The molecule has 2 amide bonds. The first-order chi connectivity index (χ1) is 18.4. The fraction of sp³-hybridized carbons (Fsp3) is 0.333. The van der Waals surface area contributed by atoms with E-state index in [0.29, 0.717) is 56.0 Å². The van der Waals surface area contributed by atoms with Crippen LogP contribution >= 0.6 is 12.4 Å². The summed E-state index contributed by atoms with van der Waals surface area (Å²) in [5.74, 6) is -0.421. The van der Waals surface area contributed by atoms with Crippen molar-refractivity contribution in [2.24, 2.45) is 0 Å². The molecule has 7 nitrogen and oxygen atoms in total. The highest BCUT2D eigenvalue weighted by atomic mass is 35.5. The van der Waals surface area contributed by atoms with Gasteiger partial charge in [-0.15, -0.1) is 12.4 Å². The number of nitrogens with zero attached hydrogens (tertiary/aromatic N) is 1. The Kier molecular flexibility index (Phi) is 9.22. The Morgan fingerprint density at radius 1 is 1.15 bits per heavy atom. The monoisotopic (exact) mass is 553 g/mol. The van der Waals surface area contributed by atoms with Crippen molar-refractivity contribution >= 4 is 24.2 Å². The lowest BCUT2D eigenvalue weighted by Gasteiger charge is -2.30. The summed E-state index contributed by atoms with van der Waals surface area (Å²) in [4.78, 5) is 28.0. The topological polar surface area (TPSA) is 90.9 Å². The summed E-state index contributed by atoms with van der Waals surface area (Å²) in [6.07, 6.45) is 0.524. The fourth-order valence-electron chi connectivity index (χ4n) is 5.14. The molecule has 0 saturated carbocycles. The molecule has 3 N–H and O–H groups in total. The molecule has 0 aromatic heterocycles. The molecular weight excluding hydrogens is 521 g/mol. The normalized spacial score (nSPS) is 16.6. The van der Waals surface area contributed by atoms with Gasteiger partial charge in [0.15, 0.2) is 0 Å². The van der Waals surface area contributed by atoms with Gasteiger partial charge in [0.1, 0.15) is 11.6 Å². The van der Waals surface area contributed by atoms with Gasteiger partial charge < -0.3 is 25.4 Å². The van der Waals surface area contributed by atoms with E-state index in [1.54, 1.807) is 29.2 Å². The van der Waals surface area contributed by atoms with Gasteiger partial charge in [0.25, 0.3) is 11.8 Å². The lowest BCUT2D eigenvalue weighted by Crippen LogP contribution is -2.49. The zero-order valence-corrected chi connectivity index (χ0v) is 22.6. The molecule has 0 bridgehead atoms. The van der Waals surface area contributed by atoms with Crippen LogP contribution in [0.5, 0.6) is 5.75 Å². The Balaban J connectivity index is 0.00000353. The number of nitrogens with one attached hydrogen (secondary N) is 2. The Hall–Kier alpha value is -3.46. The molecule has 9 heteroatoms. The zero-order valence-electron chi connectivity index (χ0n) is 21.8. The van der Waals surface area contributed by atoms with E-state index >= 15 is 0 Å². The first-order valence-electron chi connectivity index (χ1n) is 13.0. The number of aliphatic hydroxyl groups excluding tert-OH is 1. The fourth-order valence-corrected chi connectivity index (χ4v) is 5.14. The lowest BCUT2D eigenvalue weighted by molar-refractivity contribution is 0.0779. The highest BCUT2D eigenvalue weighted by molar-refractivity contribution is 6.03. The van der Waals surface area contributed by atoms with E-state index in [1.165, 1.54) is 23.3 Å². The van der Waals surface area contributed by atoms with E-state index in [0.717, 1.165) is 11.1 Å². The van der Waals surface area contributed by atoms with Crippen LogP contribution in [-0.4, -0.2) is 53.7 Å². The van der Waals surface area contributed by atoms with Gasteiger partial charge in [-0.2, -0.15) is 0 Å². The standard InChI is InChI=1S/C30H32FN3O4.ClH/c1-2-38-28-15-24-22(18-34(30(24)37)12-11-19-7-9-23(31)10-8-19)13-25(28)29(36)33-17-27(35)26-14-20-5-3-4-6-21(20)16-32-26;/h3-10,13,15,26-27,32,35H,2,11-12,14,16-18H2,1H3,(H,33,36);1H. The summed E-state index contributed by atoms with van der Waals surface area (Å²) in [5.41, 5.74) is 4.99. The van der Waals surface area contributed by atoms with Crippen molar-refractivity contribution in [2.45, 2.75) is 45.0 Å². The van der Waals surface area contributed by atoms with Crippen molar-refractivity contribution in [3.05, 3.63) is 99.9 Å². The Labute approximate surface area is 233 Å². The van der Waals surface area contributed by atoms with Crippen LogP contribution in [0.25, 0.3) is 0 Å². The van der Waals surface area contributed by atoms with Crippen molar-refractivity contribution in [2.75, 3.05) is 19.7 Å². The number of rotatable bonds is 9. The van der Waals surface area contributed by atoms with E-state index in [-0.39, 0.29) is 42.6 Å². The summed E-state index contributed by atoms with van der Waals surface area (Å²) >= 11 is 0. The van der Waals surface area contributed by atoms with Crippen LogP contribution in [0.2, 0.25) is 0 Å². The second-order valence-corrected chi connectivity index (χ2v) is 9.78. The number of carbonyl (C=O) groups excluding carboxylic acids is 2. The number of carbonyl (C=O) groups is 2. The zero-order chi connectivity index (χ0) is 26.6. The number of aliphatic hydroxyl groups is 1. The predicted octanol–water partition coefficient (Wildman–Crippen LogP) is 3.65. The van der Waals surface area contributed by atoms with Crippen LogP contribution in [0, 0.1) is 5.82 Å². The summed E-state index contributed by atoms with van der Waals surface area (Å²) in [5, 5.41) is 17.0. The third-order valence-electron chi connectivity index (χ3n) is 7.26. The molecule has 2 aliphatic heterocycles. The molecule has 3 aromatic carbocycles. The minimum Gasteiger partial charge on any atom is -0.493 e. The van der Waals surface area contributed by atoms with Crippen LogP contribution in [0.15, 0.2) is 60.7 Å². The van der Waals surface area contributed by atoms with E-state index < -0.39 is 6.10 Å². The number of halogens is 2. The van der Waals surface area contributed by atoms with Crippen LogP contribution in [0.1, 0.15) is 49.9 Å².